The fourth-order valence-electron chi connectivity index (χ4n) is 2.15. The number of para-hydroxylation sites is 1. The number of hydrogen-bond acceptors (Lipinski definition) is 3. The third-order valence-corrected chi connectivity index (χ3v) is 3.81. The van der Waals surface area contributed by atoms with Crippen LogP contribution in [-0.4, -0.2) is 21.5 Å². The molecule has 0 atom stereocenters. The molecule has 0 spiro atoms. The van der Waals surface area contributed by atoms with Crippen LogP contribution < -0.4 is 5.32 Å². The molecule has 0 fully saturated rings. The second kappa shape index (κ2) is 5.73. The van der Waals surface area contributed by atoms with Gasteiger partial charge in [-0.1, -0.05) is 30.3 Å². The summed E-state index contributed by atoms with van der Waals surface area (Å²) in [6.45, 7) is 3.94. The number of benzene rings is 2. The van der Waals surface area contributed by atoms with Crippen molar-refractivity contribution in [2.75, 3.05) is 6.54 Å². The van der Waals surface area contributed by atoms with Gasteiger partial charge in [0.1, 0.15) is 5.52 Å². The minimum atomic E-state index is 0.869. The largest absolute Gasteiger partial charge is 0.313 e. The van der Waals surface area contributed by atoms with Gasteiger partial charge in [-0.2, -0.15) is 0 Å². The average Bonchev–Trinajstić information content (AvgIpc) is 2.89. The van der Waals surface area contributed by atoms with Crippen molar-refractivity contribution >= 4 is 27.0 Å². The summed E-state index contributed by atoms with van der Waals surface area (Å²) in [5.41, 5.74) is 4.15. The van der Waals surface area contributed by atoms with E-state index in [1.54, 1.807) is 0 Å². The van der Waals surface area contributed by atoms with E-state index < -0.39 is 0 Å². The average molecular weight is 331 g/mol. The zero-order chi connectivity index (χ0) is 13.9. The Balaban J connectivity index is 2.02. The SMILES string of the molecule is CCNCc1ccc(-n2nnc3ccccc32)c(Br)c1. The molecule has 1 heterocycles. The first-order valence-corrected chi connectivity index (χ1v) is 7.39. The van der Waals surface area contributed by atoms with Crippen molar-refractivity contribution < 1.29 is 0 Å². The van der Waals surface area contributed by atoms with Gasteiger partial charge in [-0.05, 0) is 52.3 Å². The molecule has 102 valence electrons. The van der Waals surface area contributed by atoms with Gasteiger partial charge >= 0.3 is 0 Å². The fraction of sp³-hybridized carbons (Fsp3) is 0.200. The van der Waals surface area contributed by atoms with Gasteiger partial charge in [0.15, 0.2) is 0 Å². The first-order valence-electron chi connectivity index (χ1n) is 6.59. The van der Waals surface area contributed by atoms with Crippen LogP contribution in [-0.2, 0) is 6.54 Å². The van der Waals surface area contributed by atoms with E-state index in [1.165, 1.54) is 5.56 Å². The van der Waals surface area contributed by atoms with E-state index in [4.69, 9.17) is 0 Å². The first-order chi connectivity index (χ1) is 9.79. The van der Waals surface area contributed by atoms with Gasteiger partial charge in [0.05, 0.1) is 11.2 Å². The quantitative estimate of drug-likeness (QED) is 0.798. The molecule has 3 rings (SSSR count). The molecule has 20 heavy (non-hydrogen) atoms. The Hall–Kier alpha value is -1.72. The summed E-state index contributed by atoms with van der Waals surface area (Å²) < 4.78 is 2.87. The zero-order valence-electron chi connectivity index (χ0n) is 11.2. The van der Waals surface area contributed by atoms with Crippen LogP contribution in [0.4, 0.5) is 0 Å². The Bertz CT molecular complexity index is 736. The van der Waals surface area contributed by atoms with Crippen LogP contribution in [0.2, 0.25) is 0 Å². The number of halogens is 1. The number of rotatable bonds is 4. The van der Waals surface area contributed by atoms with E-state index in [0.717, 1.165) is 34.3 Å². The minimum absolute atomic E-state index is 0.869. The molecule has 0 aliphatic carbocycles. The number of hydrogen-bond donors (Lipinski definition) is 1. The predicted molar refractivity (Wildman–Crippen MR) is 83.9 cm³/mol. The van der Waals surface area contributed by atoms with Crippen LogP contribution in [0.1, 0.15) is 12.5 Å². The summed E-state index contributed by atoms with van der Waals surface area (Å²) in [6, 6.07) is 14.2. The maximum atomic E-state index is 4.24. The van der Waals surface area contributed by atoms with E-state index in [0.29, 0.717) is 0 Å². The molecule has 3 aromatic rings. The van der Waals surface area contributed by atoms with E-state index in [2.05, 4.69) is 56.7 Å². The van der Waals surface area contributed by atoms with Gasteiger partial charge in [-0.3, -0.25) is 0 Å². The van der Waals surface area contributed by atoms with Crippen molar-refractivity contribution in [2.24, 2.45) is 0 Å². The third kappa shape index (κ3) is 2.46. The van der Waals surface area contributed by atoms with Crippen LogP contribution in [0.15, 0.2) is 46.9 Å². The number of aromatic nitrogens is 3. The van der Waals surface area contributed by atoms with Crippen LogP contribution >= 0.6 is 15.9 Å². The smallest absolute Gasteiger partial charge is 0.113 e. The lowest BCUT2D eigenvalue weighted by Crippen LogP contribution is -2.11. The Morgan fingerprint density at radius 1 is 1.20 bits per heavy atom. The minimum Gasteiger partial charge on any atom is -0.313 e. The molecule has 4 nitrogen and oxygen atoms in total. The standard InChI is InChI=1S/C15H15BrN4/c1-2-17-10-11-7-8-14(12(16)9-11)20-15-6-4-3-5-13(15)18-19-20/h3-9,17H,2,10H2,1H3. The van der Waals surface area contributed by atoms with E-state index in [1.807, 2.05) is 28.9 Å². The molecule has 0 saturated heterocycles. The van der Waals surface area contributed by atoms with Gasteiger partial charge < -0.3 is 5.32 Å². The van der Waals surface area contributed by atoms with Crippen LogP contribution in [0.5, 0.6) is 0 Å². The molecule has 0 unspecified atom stereocenters. The molecular formula is C15H15BrN4. The van der Waals surface area contributed by atoms with Crippen LogP contribution in [0.25, 0.3) is 16.7 Å². The Kier molecular flexibility index (Phi) is 3.80. The summed E-state index contributed by atoms with van der Waals surface area (Å²) in [5.74, 6) is 0. The molecule has 0 radical (unpaired) electrons. The number of fused-ring (bicyclic) bond motifs is 1. The van der Waals surface area contributed by atoms with Crippen molar-refractivity contribution in [3.63, 3.8) is 0 Å². The zero-order valence-corrected chi connectivity index (χ0v) is 12.8. The highest BCUT2D eigenvalue weighted by Gasteiger charge is 2.09. The number of nitrogens with zero attached hydrogens (tertiary/aromatic N) is 3. The summed E-state index contributed by atoms with van der Waals surface area (Å²) >= 11 is 3.63. The summed E-state index contributed by atoms with van der Waals surface area (Å²) in [4.78, 5) is 0. The second-order valence-corrected chi connectivity index (χ2v) is 5.41. The molecule has 1 aromatic heterocycles. The normalized spacial score (nSPS) is 11.1. The monoisotopic (exact) mass is 330 g/mol. The summed E-state index contributed by atoms with van der Waals surface area (Å²) in [7, 11) is 0. The summed E-state index contributed by atoms with van der Waals surface area (Å²) in [5, 5.41) is 11.7. The van der Waals surface area contributed by atoms with Gasteiger partial charge in [0.25, 0.3) is 0 Å². The molecule has 0 amide bonds. The third-order valence-electron chi connectivity index (χ3n) is 3.17. The highest BCUT2D eigenvalue weighted by Crippen LogP contribution is 2.24. The van der Waals surface area contributed by atoms with E-state index in [-0.39, 0.29) is 0 Å². The fourth-order valence-corrected chi connectivity index (χ4v) is 2.74. The summed E-state index contributed by atoms with van der Waals surface area (Å²) in [6.07, 6.45) is 0. The van der Waals surface area contributed by atoms with Crippen molar-refractivity contribution in [3.05, 3.63) is 52.5 Å². The van der Waals surface area contributed by atoms with Crippen molar-refractivity contribution in [2.45, 2.75) is 13.5 Å². The lowest BCUT2D eigenvalue weighted by atomic mass is 10.2. The molecule has 0 bridgehead atoms. The van der Waals surface area contributed by atoms with Crippen LogP contribution in [0, 0.1) is 0 Å². The number of nitrogens with one attached hydrogen (secondary N) is 1. The van der Waals surface area contributed by atoms with Crippen molar-refractivity contribution in [3.8, 4) is 5.69 Å². The molecule has 1 N–H and O–H groups in total. The van der Waals surface area contributed by atoms with Crippen molar-refractivity contribution in [1.29, 1.82) is 0 Å². The lowest BCUT2D eigenvalue weighted by Gasteiger charge is -2.08. The van der Waals surface area contributed by atoms with Gasteiger partial charge in [-0.15, -0.1) is 5.10 Å². The van der Waals surface area contributed by atoms with Crippen LogP contribution in [0.3, 0.4) is 0 Å². The predicted octanol–water partition coefficient (Wildman–Crippen LogP) is 3.29. The highest BCUT2D eigenvalue weighted by atomic mass is 79.9. The molecule has 0 aliphatic rings. The molecular weight excluding hydrogens is 316 g/mol. The second-order valence-electron chi connectivity index (χ2n) is 4.56. The molecule has 0 aliphatic heterocycles. The van der Waals surface area contributed by atoms with Crippen molar-refractivity contribution in [1.82, 2.24) is 20.3 Å². The van der Waals surface area contributed by atoms with E-state index >= 15 is 0 Å². The maximum Gasteiger partial charge on any atom is 0.113 e. The van der Waals surface area contributed by atoms with Gasteiger partial charge in [0.2, 0.25) is 0 Å². The van der Waals surface area contributed by atoms with Gasteiger partial charge in [-0.25, -0.2) is 4.68 Å². The van der Waals surface area contributed by atoms with E-state index in [9.17, 15) is 0 Å². The Labute approximate surface area is 125 Å². The molecule has 5 heteroatoms. The highest BCUT2D eigenvalue weighted by molar-refractivity contribution is 9.10. The van der Waals surface area contributed by atoms with Gasteiger partial charge in [0, 0.05) is 11.0 Å². The molecule has 0 saturated carbocycles. The Morgan fingerprint density at radius 2 is 2.05 bits per heavy atom. The topological polar surface area (TPSA) is 42.7 Å². The molecule has 2 aromatic carbocycles. The Morgan fingerprint density at radius 3 is 2.85 bits per heavy atom. The maximum absolute atomic E-state index is 4.24. The first kappa shape index (κ1) is 13.3. The lowest BCUT2D eigenvalue weighted by molar-refractivity contribution is 0.725.